The Balaban J connectivity index is 1.69. The lowest BCUT2D eigenvalue weighted by molar-refractivity contribution is 0.198. The number of likely N-dealkylation sites (tertiary alicyclic amines) is 1. The molecule has 1 saturated heterocycles. The molecule has 3 heterocycles. The van der Waals surface area contributed by atoms with Crippen LogP contribution in [0.3, 0.4) is 0 Å². The van der Waals surface area contributed by atoms with Gasteiger partial charge < -0.3 is 9.64 Å². The molecule has 5 heteroatoms. The molecule has 0 spiro atoms. The van der Waals surface area contributed by atoms with Crippen molar-refractivity contribution in [1.29, 1.82) is 0 Å². The highest BCUT2D eigenvalue weighted by Crippen LogP contribution is 2.17. The second-order valence-electron chi connectivity index (χ2n) is 4.76. The quantitative estimate of drug-likeness (QED) is 0.835. The Bertz CT molecular complexity index is 529. The summed E-state index contributed by atoms with van der Waals surface area (Å²) < 4.78 is 5.80. The minimum Gasteiger partial charge on any atom is -0.472 e. The van der Waals surface area contributed by atoms with Crippen molar-refractivity contribution < 1.29 is 4.74 Å². The first-order valence-electron chi connectivity index (χ1n) is 6.41. The van der Waals surface area contributed by atoms with Gasteiger partial charge in [0.15, 0.2) is 0 Å². The summed E-state index contributed by atoms with van der Waals surface area (Å²) in [5.41, 5.74) is 1.58. The third-order valence-electron chi connectivity index (χ3n) is 3.20. The second-order valence-corrected chi connectivity index (χ2v) is 4.76. The van der Waals surface area contributed by atoms with E-state index in [9.17, 15) is 0 Å². The van der Waals surface area contributed by atoms with Crippen LogP contribution >= 0.6 is 0 Å². The van der Waals surface area contributed by atoms with Gasteiger partial charge in [0.05, 0.1) is 5.69 Å². The summed E-state index contributed by atoms with van der Waals surface area (Å²) in [6.07, 6.45) is 3.01. The maximum Gasteiger partial charge on any atom is 0.233 e. The number of rotatable bonds is 3. The lowest BCUT2D eigenvalue weighted by Crippen LogP contribution is -2.21. The van der Waals surface area contributed by atoms with Crippen molar-refractivity contribution in [3.8, 4) is 17.3 Å². The number of aromatic nitrogens is 3. The molecular formula is C14H16N4O. The van der Waals surface area contributed by atoms with E-state index in [-0.39, 0.29) is 6.10 Å². The first kappa shape index (κ1) is 12.0. The molecule has 0 N–H and O–H groups in total. The fourth-order valence-corrected chi connectivity index (χ4v) is 2.20. The molecule has 1 unspecified atom stereocenters. The SMILES string of the molecule is CN1CCC(Oc2ccc(-c3ccccn3)nn2)C1. The van der Waals surface area contributed by atoms with Gasteiger partial charge in [-0.05, 0) is 31.7 Å². The molecule has 1 fully saturated rings. The maximum atomic E-state index is 5.80. The fraction of sp³-hybridized carbons (Fsp3) is 0.357. The average Bonchev–Trinajstić information content (AvgIpc) is 2.86. The molecule has 19 heavy (non-hydrogen) atoms. The molecule has 1 aliphatic heterocycles. The van der Waals surface area contributed by atoms with E-state index in [2.05, 4.69) is 27.1 Å². The monoisotopic (exact) mass is 256 g/mol. The van der Waals surface area contributed by atoms with E-state index in [1.165, 1.54) is 0 Å². The van der Waals surface area contributed by atoms with Crippen LogP contribution in [0.1, 0.15) is 6.42 Å². The van der Waals surface area contributed by atoms with Crippen LogP contribution in [0.5, 0.6) is 5.88 Å². The van der Waals surface area contributed by atoms with Gasteiger partial charge in [-0.1, -0.05) is 6.07 Å². The van der Waals surface area contributed by atoms with Gasteiger partial charge in [-0.2, -0.15) is 0 Å². The number of hydrogen-bond acceptors (Lipinski definition) is 5. The third kappa shape index (κ3) is 2.88. The summed E-state index contributed by atoms with van der Waals surface area (Å²) in [4.78, 5) is 6.49. The minimum atomic E-state index is 0.222. The van der Waals surface area contributed by atoms with Crippen molar-refractivity contribution in [2.24, 2.45) is 0 Å². The summed E-state index contributed by atoms with van der Waals surface area (Å²) in [6.45, 7) is 2.02. The van der Waals surface area contributed by atoms with Gasteiger partial charge in [-0.3, -0.25) is 4.98 Å². The van der Waals surface area contributed by atoms with E-state index in [0.29, 0.717) is 5.88 Å². The first-order chi connectivity index (χ1) is 9.31. The molecule has 0 aromatic carbocycles. The Morgan fingerprint density at radius 2 is 2.11 bits per heavy atom. The second kappa shape index (κ2) is 5.32. The van der Waals surface area contributed by atoms with Crippen LogP contribution in [0.15, 0.2) is 36.5 Å². The molecule has 2 aromatic rings. The van der Waals surface area contributed by atoms with Crippen LogP contribution in [-0.4, -0.2) is 46.3 Å². The Labute approximate surface area is 112 Å². The molecule has 2 aromatic heterocycles. The predicted octanol–water partition coefficient (Wildman–Crippen LogP) is 1.62. The molecule has 1 aliphatic rings. The Kier molecular flexibility index (Phi) is 3.37. The van der Waals surface area contributed by atoms with Crippen molar-refractivity contribution >= 4 is 0 Å². The van der Waals surface area contributed by atoms with Gasteiger partial charge in [0.1, 0.15) is 11.8 Å². The maximum absolute atomic E-state index is 5.80. The molecule has 3 rings (SSSR count). The van der Waals surface area contributed by atoms with Crippen LogP contribution in [0.25, 0.3) is 11.4 Å². The fourth-order valence-electron chi connectivity index (χ4n) is 2.20. The number of ether oxygens (including phenoxy) is 1. The zero-order chi connectivity index (χ0) is 13.1. The van der Waals surface area contributed by atoms with Crippen LogP contribution in [0.2, 0.25) is 0 Å². The number of pyridine rings is 1. The third-order valence-corrected chi connectivity index (χ3v) is 3.20. The highest BCUT2D eigenvalue weighted by atomic mass is 16.5. The molecular weight excluding hydrogens is 240 g/mol. The highest BCUT2D eigenvalue weighted by molar-refractivity contribution is 5.52. The van der Waals surface area contributed by atoms with Crippen molar-refractivity contribution in [3.05, 3.63) is 36.5 Å². The van der Waals surface area contributed by atoms with Gasteiger partial charge in [0.25, 0.3) is 0 Å². The molecule has 1 atom stereocenters. The molecule has 98 valence electrons. The average molecular weight is 256 g/mol. The molecule has 0 bridgehead atoms. The van der Waals surface area contributed by atoms with Crippen LogP contribution in [0.4, 0.5) is 0 Å². The van der Waals surface area contributed by atoms with Gasteiger partial charge in [0, 0.05) is 25.4 Å². The van der Waals surface area contributed by atoms with Crippen LogP contribution in [-0.2, 0) is 0 Å². The molecule has 0 amide bonds. The van der Waals surface area contributed by atoms with E-state index < -0.39 is 0 Å². The summed E-state index contributed by atoms with van der Waals surface area (Å²) in [5.74, 6) is 0.583. The normalized spacial score (nSPS) is 19.5. The summed E-state index contributed by atoms with van der Waals surface area (Å²) in [5, 5.41) is 8.27. The van der Waals surface area contributed by atoms with Crippen molar-refractivity contribution in [2.75, 3.05) is 20.1 Å². The van der Waals surface area contributed by atoms with Crippen LogP contribution in [0, 0.1) is 0 Å². The van der Waals surface area contributed by atoms with Crippen LogP contribution < -0.4 is 4.74 Å². The first-order valence-corrected chi connectivity index (χ1v) is 6.41. The van der Waals surface area contributed by atoms with E-state index in [4.69, 9.17) is 4.74 Å². The Morgan fingerprint density at radius 1 is 1.16 bits per heavy atom. The van der Waals surface area contributed by atoms with Crippen molar-refractivity contribution in [1.82, 2.24) is 20.1 Å². The lowest BCUT2D eigenvalue weighted by atomic mass is 10.2. The van der Waals surface area contributed by atoms with E-state index in [1.54, 1.807) is 6.20 Å². The highest BCUT2D eigenvalue weighted by Gasteiger charge is 2.21. The summed E-state index contributed by atoms with van der Waals surface area (Å²) in [7, 11) is 2.10. The zero-order valence-electron chi connectivity index (χ0n) is 10.9. The summed E-state index contributed by atoms with van der Waals surface area (Å²) in [6, 6.07) is 9.48. The molecule has 0 saturated carbocycles. The van der Waals surface area contributed by atoms with Gasteiger partial charge in [-0.15, -0.1) is 10.2 Å². The minimum absolute atomic E-state index is 0.222. The van der Waals surface area contributed by atoms with Crippen molar-refractivity contribution in [2.45, 2.75) is 12.5 Å². The lowest BCUT2D eigenvalue weighted by Gasteiger charge is -2.12. The smallest absolute Gasteiger partial charge is 0.233 e. The number of likely N-dealkylation sites (N-methyl/N-ethyl adjacent to an activating group) is 1. The van der Waals surface area contributed by atoms with Gasteiger partial charge in [0.2, 0.25) is 5.88 Å². The van der Waals surface area contributed by atoms with E-state index >= 15 is 0 Å². The molecule has 0 radical (unpaired) electrons. The topological polar surface area (TPSA) is 51.1 Å². The number of hydrogen-bond donors (Lipinski definition) is 0. The van der Waals surface area contributed by atoms with E-state index in [1.807, 2.05) is 30.3 Å². The molecule has 0 aliphatic carbocycles. The van der Waals surface area contributed by atoms with Crippen molar-refractivity contribution in [3.63, 3.8) is 0 Å². The van der Waals surface area contributed by atoms with E-state index in [0.717, 1.165) is 30.9 Å². The Hall–Kier alpha value is -2.01. The zero-order valence-corrected chi connectivity index (χ0v) is 10.9. The summed E-state index contributed by atoms with van der Waals surface area (Å²) >= 11 is 0. The number of nitrogens with zero attached hydrogens (tertiary/aromatic N) is 4. The standard InChI is InChI=1S/C14H16N4O/c1-18-9-7-11(10-18)19-14-6-5-13(16-17-14)12-4-2-3-8-15-12/h2-6,8,11H,7,9-10H2,1H3. The predicted molar refractivity (Wildman–Crippen MR) is 71.8 cm³/mol. The molecule has 5 nitrogen and oxygen atoms in total. The Morgan fingerprint density at radius 3 is 2.74 bits per heavy atom. The largest absolute Gasteiger partial charge is 0.472 e. The van der Waals surface area contributed by atoms with Gasteiger partial charge >= 0.3 is 0 Å². The van der Waals surface area contributed by atoms with Gasteiger partial charge in [-0.25, -0.2) is 0 Å².